The van der Waals surface area contributed by atoms with E-state index in [0.717, 1.165) is 25.7 Å². The molecule has 1 aromatic rings. The first-order chi connectivity index (χ1) is 13.5. The highest BCUT2D eigenvalue weighted by atomic mass is 19.1. The van der Waals surface area contributed by atoms with Crippen molar-refractivity contribution >= 4 is 17.6 Å². The van der Waals surface area contributed by atoms with Crippen LogP contribution in [0.5, 0.6) is 5.75 Å². The van der Waals surface area contributed by atoms with Crippen LogP contribution in [0.1, 0.15) is 32.1 Å². The van der Waals surface area contributed by atoms with Crippen molar-refractivity contribution in [2.75, 3.05) is 32.1 Å². The molecule has 7 nitrogen and oxygen atoms in total. The van der Waals surface area contributed by atoms with E-state index in [-0.39, 0.29) is 42.8 Å². The molecular formula is C20H25FN2O5. The fourth-order valence-corrected chi connectivity index (χ4v) is 3.53. The highest BCUT2D eigenvalue weighted by molar-refractivity contribution is 6.08. The van der Waals surface area contributed by atoms with Gasteiger partial charge in [0.05, 0.1) is 31.9 Å². The molecule has 1 saturated carbocycles. The number of aliphatic hydroxyl groups is 1. The maximum Gasteiger partial charge on any atom is 0.337 e. The summed E-state index contributed by atoms with van der Waals surface area (Å²) in [5.74, 6) is -1.45. The largest absolute Gasteiger partial charge is 0.487 e. The Kier molecular flexibility index (Phi) is 6.51. The standard InChI is InChI=1S/C20H25FN2O5/c1-27-20(26)15-12-23(9-10-24)19(25)18(15)22-13-7-8-17(16(21)11-13)28-14-5-3-2-4-6-14/h7-8,11,14,22,24H,2-6,9-10,12H2,1H3. The smallest absolute Gasteiger partial charge is 0.337 e. The molecule has 28 heavy (non-hydrogen) atoms. The molecule has 1 fully saturated rings. The minimum absolute atomic E-state index is 0.0270. The van der Waals surface area contributed by atoms with Crippen molar-refractivity contribution in [3.63, 3.8) is 0 Å². The minimum atomic E-state index is -0.644. The molecule has 0 spiro atoms. The highest BCUT2D eigenvalue weighted by Gasteiger charge is 2.34. The zero-order valence-electron chi connectivity index (χ0n) is 15.9. The van der Waals surface area contributed by atoms with Crippen molar-refractivity contribution in [3.05, 3.63) is 35.3 Å². The molecule has 1 aliphatic carbocycles. The number of β-amino-alcohol motifs (C(OH)–C–C–N with tert-alkyl or cyclic N) is 1. The lowest BCUT2D eigenvalue weighted by atomic mass is 9.98. The average Bonchev–Trinajstić information content (AvgIpc) is 3.00. The van der Waals surface area contributed by atoms with Gasteiger partial charge in [-0.2, -0.15) is 0 Å². The molecule has 2 aliphatic rings. The quantitative estimate of drug-likeness (QED) is 0.692. The van der Waals surface area contributed by atoms with Gasteiger partial charge in [-0.15, -0.1) is 0 Å². The predicted molar refractivity (Wildman–Crippen MR) is 100 cm³/mol. The lowest BCUT2D eigenvalue weighted by molar-refractivity contribution is -0.136. The number of amides is 1. The Bertz CT molecular complexity index is 774. The second-order valence-electron chi connectivity index (χ2n) is 6.94. The van der Waals surface area contributed by atoms with E-state index in [1.165, 1.54) is 30.6 Å². The Morgan fingerprint density at radius 3 is 2.71 bits per heavy atom. The molecule has 3 rings (SSSR count). The monoisotopic (exact) mass is 392 g/mol. The molecule has 0 unspecified atom stereocenters. The van der Waals surface area contributed by atoms with Gasteiger partial charge in [0.25, 0.3) is 5.91 Å². The van der Waals surface area contributed by atoms with Crippen LogP contribution < -0.4 is 10.1 Å². The van der Waals surface area contributed by atoms with Gasteiger partial charge >= 0.3 is 5.97 Å². The summed E-state index contributed by atoms with van der Waals surface area (Å²) in [5, 5.41) is 11.9. The van der Waals surface area contributed by atoms with Gasteiger partial charge in [0.15, 0.2) is 11.6 Å². The van der Waals surface area contributed by atoms with Crippen LogP contribution >= 0.6 is 0 Å². The summed E-state index contributed by atoms with van der Waals surface area (Å²) in [5.41, 5.74) is 0.494. The van der Waals surface area contributed by atoms with Crippen molar-refractivity contribution in [1.82, 2.24) is 4.90 Å². The van der Waals surface area contributed by atoms with Gasteiger partial charge in [-0.05, 0) is 37.8 Å². The number of benzene rings is 1. The molecule has 0 saturated heterocycles. The molecular weight excluding hydrogens is 367 g/mol. The van der Waals surface area contributed by atoms with Crippen LogP contribution in [-0.4, -0.2) is 54.8 Å². The highest BCUT2D eigenvalue weighted by Crippen LogP contribution is 2.29. The number of ether oxygens (including phenoxy) is 2. The van der Waals surface area contributed by atoms with Crippen LogP contribution in [0.15, 0.2) is 29.5 Å². The van der Waals surface area contributed by atoms with Crippen LogP contribution in [0, 0.1) is 5.82 Å². The maximum absolute atomic E-state index is 14.5. The van der Waals surface area contributed by atoms with Crippen molar-refractivity contribution in [2.45, 2.75) is 38.2 Å². The molecule has 0 aromatic heterocycles. The molecule has 2 N–H and O–H groups in total. The van der Waals surface area contributed by atoms with E-state index in [1.54, 1.807) is 6.07 Å². The molecule has 8 heteroatoms. The predicted octanol–water partition coefficient (Wildman–Crippen LogP) is 2.21. The number of carbonyl (C=O) groups excluding carboxylic acids is 2. The van der Waals surface area contributed by atoms with E-state index in [4.69, 9.17) is 14.6 Å². The van der Waals surface area contributed by atoms with E-state index in [9.17, 15) is 14.0 Å². The zero-order valence-corrected chi connectivity index (χ0v) is 15.9. The second-order valence-corrected chi connectivity index (χ2v) is 6.94. The summed E-state index contributed by atoms with van der Waals surface area (Å²) in [4.78, 5) is 25.8. The number of aliphatic hydroxyl groups excluding tert-OH is 1. The number of nitrogens with one attached hydrogen (secondary N) is 1. The molecule has 0 atom stereocenters. The topological polar surface area (TPSA) is 88.1 Å². The second kappa shape index (κ2) is 9.05. The fraction of sp³-hybridized carbons (Fsp3) is 0.500. The van der Waals surface area contributed by atoms with Crippen molar-refractivity contribution in [2.24, 2.45) is 0 Å². The Balaban J connectivity index is 1.76. The molecule has 0 radical (unpaired) electrons. The van der Waals surface area contributed by atoms with Gasteiger partial charge in [0, 0.05) is 18.3 Å². The maximum atomic E-state index is 14.5. The minimum Gasteiger partial charge on any atom is -0.487 e. The molecule has 1 amide bonds. The normalized spacial score (nSPS) is 17.8. The van der Waals surface area contributed by atoms with Crippen LogP contribution in [0.3, 0.4) is 0 Å². The Labute approximate surface area is 163 Å². The summed E-state index contributed by atoms with van der Waals surface area (Å²) in [6.45, 7) is -0.109. The molecule has 152 valence electrons. The number of anilines is 1. The lowest BCUT2D eigenvalue weighted by Crippen LogP contribution is -2.31. The number of hydrogen-bond acceptors (Lipinski definition) is 6. The first-order valence-electron chi connectivity index (χ1n) is 9.48. The third-order valence-corrected chi connectivity index (χ3v) is 5.00. The SMILES string of the molecule is COC(=O)C1=C(Nc2ccc(OC3CCCCC3)c(F)c2)C(=O)N(CCO)C1. The van der Waals surface area contributed by atoms with Crippen LogP contribution in [0.25, 0.3) is 0 Å². The van der Waals surface area contributed by atoms with Crippen molar-refractivity contribution in [3.8, 4) is 5.75 Å². The Morgan fingerprint density at radius 2 is 2.07 bits per heavy atom. The average molecular weight is 392 g/mol. The summed E-state index contributed by atoms with van der Waals surface area (Å²) in [7, 11) is 1.23. The summed E-state index contributed by atoms with van der Waals surface area (Å²) < 4.78 is 25.0. The number of halogens is 1. The molecule has 1 heterocycles. The van der Waals surface area contributed by atoms with Gasteiger partial charge in [0.1, 0.15) is 5.70 Å². The zero-order chi connectivity index (χ0) is 20.1. The van der Waals surface area contributed by atoms with E-state index in [2.05, 4.69) is 5.32 Å². The van der Waals surface area contributed by atoms with Gasteiger partial charge < -0.3 is 24.8 Å². The molecule has 1 aromatic carbocycles. The summed E-state index contributed by atoms with van der Waals surface area (Å²) in [6, 6.07) is 4.36. The summed E-state index contributed by atoms with van der Waals surface area (Å²) in [6.07, 6.45) is 5.23. The van der Waals surface area contributed by atoms with E-state index >= 15 is 0 Å². The van der Waals surface area contributed by atoms with E-state index in [0.29, 0.717) is 5.69 Å². The van der Waals surface area contributed by atoms with Gasteiger partial charge in [-0.1, -0.05) is 6.42 Å². The summed E-state index contributed by atoms with van der Waals surface area (Å²) >= 11 is 0. The van der Waals surface area contributed by atoms with Crippen LogP contribution in [0.4, 0.5) is 10.1 Å². The van der Waals surface area contributed by atoms with Crippen LogP contribution in [0.2, 0.25) is 0 Å². The number of methoxy groups -OCH3 is 1. The number of esters is 1. The van der Waals surface area contributed by atoms with Gasteiger partial charge in [0.2, 0.25) is 0 Å². The number of carbonyl (C=O) groups is 2. The number of rotatable bonds is 7. The Morgan fingerprint density at radius 1 is 1.32 bits per heavy atom. The Hall–Kier alpha value is -2.61. The third kappa shape index (κ3) is 4.44. The number of hydrogen-bond donors (Lipinski definition) is 2. The number of nitrogens with zero attached hydrogens (tertiary/aromatic N) is 1. The lowest BCUT2D eigenvalue weighted by Gasteiger charge is -2.23. The van der Waals surface area contributed by atoms with Gasteiger partial charge in [-0.3, -0.25) is 4.79 Å². The van der Waals surface area contributed by atoms with Gasteiger partial charge in [-0.25, -0.2) is 9.18 Å². The van der Waals surface area contributed by atoms with Crippen molar-refractivity contribution in [1.29, 1.82) is 0 Å². The van der Waals surface area contributed by atoms with E-state index < -0.39 is 17.7 Å². The third-order valence-electron chi connectivity index (χ3n) is 5.00. The van der Waals surface area contributed by atoms with Crippen LogP contribution in [-0.2, 0) is 14.3 Å². The first-order valence-corrected chi connectivity index (χ1v) is 9.48. The first kappa shape index (κ1) is 20.1. The van der Waals surface area contributed by atoms with Crippen molar-refractivity contribution < 1.29 is 28.6 Å². The molecule has 0 bridgehead atoms. The molecule has 1 aliphatic heterocycles. The van der Waals surface area contributed by atoms with E-state index in [1.807, 2.05) is 0 Å². The fourth-order valence-electron chi connectivity index (χ4n) is 3.53.